The molecule has 0 aliphatic heterocycles. The molecule has 1 atom stereocenters. The lowest BCUT2D eigenvalue weighted by Crippen LogP contribution is -2.41. The quantitative estimate of drug-likeness (QED) is 0.763. The monoisotopic (exact) mass is 368 g/mol. The van der Waals surface area contributed by atoms with Crippen LogP contribution in [0.4, 0.5) is 8.78 Å². The van der Waals surface area contributed by atoms with Gasteiger partial charge in [-0.05, 0) is 30.7 Å². The van der Waals surface area contributed by atoms with E-state index in [1.165, 1.54) is 9.13 Å². The summed E-state index contributed by atoms with van der Waals surface area (Å²) in [7, 11) is 0. The summed E-state index contributed by atoms with van der Waals surface area (Å²) in [4.78, 5) is 37.7. The van der Waals surface area contributed by atoms with Crippen molar-refractivity contribution in [3.63, 3.8) is 0 Å². The largest absolute Gasteiger partial charge is 0.332 e. The van der Waals surface area contributed by atoms with Crippen molar-refractivity contribution in [1.29, 1.82) is 0 Å². The molecule has 0 radical (unpaired) electrons. The molecule has 2 aliphatic carbocycles. The van der Waals surface area contributed by atoms with Crippen LogP contribution in [0.3, 0.4) is 0 Å². The molecule has 2 aromatic rings. The fraction of sp³-hybridized carbons (Fsp3) is 0.588. The van der Waals surface area contributed by atoms with Gasteiger partial charge in [0.15, 0.2) is 6.29 Å². The molecule has 25 heavy (non-hydrogen) atoms. The lowest BCUT2D eigenvalue weighted by molar-refractivity contribution is 0.0949. The van der Waals surface area contributed by atoms with Crippen molar-refractivity contribution >= 4 is 27.8 Å². The number of fused-ring (bicyclic) bond motifs is 1. The van der Waals surface area contributed by atoms with E-state index in [1.807, 2.05) is 6.92 Å². The van der Waals surface area contributed by atoms with Gasteiger partial charge in [-0.25, -0.2) is 13.6 Å². The van der Waals surface area contributed by atoms with E-state index in [1.54, 1.807) is 6.92 Å². The number of nitrogens with zero attached hydrogens (tertiary/aromatic N) is 2. The Kier molecular flexibility index (Phi) is 3.39. The van der Waals surface area contributed by atoms with E-state index in [-0.39, 0.29) is 24.9 Å². The first-order valence-electron chi connectivity index (χ1n) is 8.27. The summed E-state index contributed by atoms with van der Waals surface area (Å²) < 4.78 is 29.2. The smallest absolute Gasteiger partial charge is 0.297 e. The number of halogens is 2. The zero-order chi connectivity index (χ0) is 18.1. The minimum absolute atomic E-state index is 0.0879. The van der Waals surface area contributed by atoms with Gasteiger partial charge in [0, 0.05) is 25.4 Å². The first kappa shape index (κ1) is 16.6. The van der Waals surface area contributed by atoms with Crippen LogP contribution in [-0.4, -0.2) is 21.3 Å². The normalized spacial score (nSPS) is 23.0. The number of carbonyl (C=O) groups excluding carboxylic acids is 1. The molecule has 2 heterocycles. The van der Waals surface area contributed by atoms with Crippen molar-refractivity contribution < 1.29 is 13.6 Å². The summed E-state index contributed by atoms with van der Waals surface area (Å²) in [5.74, 6) is -3.65. The molecule has 2 aliphatic rings. The molecule has 5 nitrogen and oxygen atoms in total. The highest BCUT2D eigenvalue weighted by Gasteiger charge is 2.57. The highest BCUT2D eigenvalue weighted by atomic mass is 32.1. The number of carbonyl (C=O) groups is 1. The van der Waals surface area contributed by atoms with Crippen LogP contribution < -0.4 is 11.2 Å². The molecule has 0 bridgehead atoms. The van der Waals surface area contributed by atoms with Crippen molar-refractivity contribution in [2.45, 2.75) is 52.1 Å². The number of rotatable bonds is 5. The van der Waals surface area contributed by atoms with Gasteiger partial charge in [-0.15, -0.1) is 11.3 Å². The number of aldehydes is 1. The number of aromatic nitrogens is 2. The number of aryl methyl sites for hydroxylation is 1. The Balaban J connectivity index is 1.95. The summed E-state index contributed by atoms with van der Waals surface area (Å²) in [6.45, 7) is 3.82. The molecule has 2 fully saturated rings. The van der Waals surface area contributed by atoms with E-state index in [0.29, 0.717) is 26.9 Å². The SMILES string of the molecule is Cc1c(C=O)sc2c1c(=O)n(CC1(C)CC1)c(=O)n2CC1CC1(F)F. The van der Waals surface area contributed by atoms with E-state index in [9.17, 15) is 23.2 Å². The van der Waals surface area contributed by atoms with Gasteiger partial charge < -0.3 is 0 Å². The van der Waals surface area contributed by atoms with Crippen LogP contribution in [0.1, 0.15) is 41.4 Å². The third kappa shape index (κ3) is 2.58. The maximum Gasteiger partial charge on any atom is 0.332 e. The first-order valence-corrected chi connectivity index (χ1v) is 9.08. The summed E-state index contributed by atoms with van der Waals surface area (Å²) in [5, 5.41) is 0.305. The molecule has 8 heteroatoms. The molecular formula is C17H18F2N2O3S. The molecular weight excluding hydrogens is 350 g/mol. The Morgan fingerprint density at radius 3 is 2.44 bits per heavy atom. The van der Waals surface area contributed by atoms with Crippen LogP contribution in [0.2, 0.25) is 0 Å². The molecule has 0 aromatic carbocycles. The molecule has 2 saturated carbocycles. The van der Waals surface area contributed by atoms with Crippen LogP contribution in [0, 0.1) is 18.3 Å². The molecule has 1 unspecified atom stereocenters. The second-order valence-corrected chi connectivity index (χ2v) is 8.68. The Hall–Kier alpha value is -1.83. The summed E-state index contributed by atoms with van der Waals surface area (Å²) in [6.07, 6.45) is 2.26. The van der Waals surface area contributed by atoms with Crippen molar-refractivity contribution in [2.75, 3.05) is 0 Å². The second kappa shape index (κ2) is 5.09. The zero-order valence-corrected chi connectivity index (χ0v) is 14.8. The summed E-state index contributed by atoms with van der Waals surface area (Å²) in [5.41, 5.74) is -0.540. The highest BCUT2D eigenvalue weighted by Crippen LogP contribution is 2.50. The van der Waals surface area contributed by atoms with E-state index in [0.717, 1.165) is 24.2 Å². The molecule has 4 rings (SSSR count). The van der Waals surface area contributed by atoms with Crippen molar-refractivity contribution in [1.82, 2.24) is 9.13 Å². The van der Waals surface area contributed by atoms with Crippen LogP contribution in [0.25, 0.3) is 10.2 Å². The van der Waals surface area contributed by atoms with Crippen LogP contribution >= 0.6 is 11.3 Å². The maximum absolute atomic E-state index is 13.4. The number of thiophene rings is 1. The molecule has 0 N–H and O–H groups in total. The zero-order valence-electron chi connectivity index (χ0n) is 14.0. The number of hydrogen-bond acceptors (Lipinski definition) is 4. The van der Waals surface area contributed by atoms with E-state index in [2.05, 4.69) is 0 Å². The molecule has 134 valence electrons. The lowest BCUT2D eigenvalue weighted by Gasteiger charge is -2.15. The van der Waals surface area contributed by atoms with Crippen LogP contribution in [0.15, 0.2) is 9.59 Å². The Bertz CT molecular complexity index is 1010. The highest BCUT2D eigenvalue weighted by molar-refractivity contribution is 7.20. The maximum atomic E-state index is 13.4. The van der Waals surface area contributed by atoms with Gasteiger partial charge in [-0.2, -0.15) is 0 Å². The average Bonchev–Trinajstić information content (AvgIpc) is 3.38. The van der Waals surface area contributed by atoms with Crippen LogP contribution in [-0.2, 0) is 13.1 Å². The van der Waals surface area contributed by atoms with Crippen molar-refractivity contribution in [2.24, 2.45) is 11.3 Å². The third-order valence-corrected chi connectivity index (χ3v) is 6.68. The van der Waals surface area contributed by atoms with Gasteiger partial charge >= 0.3 is 5.69 Å². The minimum atomic E-state index is -2.75. The van der Waals surface area contributed by atoms with Gasteiger partial charge in [0.05, 0.1) is 10.3 Å². The summed E-state index contributed by atoms with van der Waals surface area (Å²) >= 11 is 1.03. The van der Waals surface area contributed by atoms with E-state index in [4.69, 9.17) is 0 Å². The molecule has 2 aromatic heterocycles. The topological polar surface area (TPSA) is 61.1 Å². The number of hydrogen-bond donors (Lipinski definition) is 0. The molecule has 0 spiro atoms. The van der Waals surface area contributed by atoms with Crippen LogP contribution in [0.5, 0.6) is 0 Å². The molecule has 0 amide bonds. The fourth-order valence-electron chi connectivity index (χ4n) is 3.27. The Morgan fingerprint density at radius 1 is 1.28 bits per heavy atom. The van der Waals surface area contributed by atoms with Gasteiger partial charge in [0.1, 0.15) is 4.83 Å². The average molecular weight is 368 g/mol. The van der Waals surface area contributed by atoms with E-state index < -0.39 is 23.1 Å². The fourth-order valence-corrected chi connectivity index (χ4v) is 4.38. The Labute approximate surface area is 145 Å². The van der Waals surface area contributed by atoms with E-state index >= 15 is 0 Å². The van der Waals surface area contributed by atoms with Gasteiger partial charge in [-0.1, -0.05) is 6.92 Å². The predicted molar refractivity (Wildman–Crippen MR) is 90.9 cm³/mol. The Morgan fingerprint density at radius 2 is 1.92 bits per heavy atom. The lowest BCUT2D eigenvalue weighted by atomic mass is 10.1. The van der Waals surface area contributed by atoms with Gasteiger partial charge in [0.2, 0.25) is 0 Å². The van der Waals surface area contributed by atoms with Crippen molar-refractivity contribution in [3.05, 3.63) is 31.3 Å². The summed E-state index contributed by atoms with van der Waals surface area (Å²) in [6, 6.07) is 0. The van der Waals surface area contributed by atoms with Crippen molar-refractivity contribution in [3.8, 4) is 0 Å². The number of alkyl halides is 2. The first-order chi connectivity index (χ1) is 11.7. The van der Waals surface area contributed by atoms with Gasteiger partial charge in [-0.3, -0.25) is 18.7 Å². The minimum Gasteiger partial charge on any atom is -0.297 e. The predicted octanol–water partition coefficient (Wildman–Crippen LogP) is 2.80. The second-order valence-electron chi connectivity index (χ2n) is 7.65. The van der Waals surface area contributed by atoms with Gasteiger partial charge in [0.25, 0.3) is 11.5 Å². The molecule has 0 saturated heterocycles. The standard InChI is InChI=1S/C17H18F2N2O3S/c1-9-11(7-22)25-14-12(9)13(23)21(8-16(2)3-4-16)15(24)20(14)6-10-5-17(10,18)19/h7,10H,3-6,8H2,1-2H3. The third-order valence-electron chi connectivity index (χ3n) is 5.44.